The number of anilines is 1. The van der Waals surface area contributed by atoms with E-state index in [-0.39, 0.29) is 22.0 Å². The molecule has 1 amide bonds. The summed E-state index contributed by atoms with van der Waals surface area (Å²) >= 11 is 5.84. The summed E-state index contributed by atoms with van der Waals surface area (Å²) in [7, 11) is 0. The van der Waals surface area contributed by atoms with Gasteiger partial charge in [-0.2, -0.15) is 0 Å². The Morgan fingerprint density at radius 3 is 2.50 bits per heavy atom. The van der Waals surface area contributed by atoms with Crippen molar-refractivity contribution in [3.05, 3.63) is 101 Å². The molecule has 0 radical (unpaired) electrons. The van der Waals surface area contributed by atoms with E-state index >= 15 is 0 Å². The third-order valence-electron chi connectivity index (χ3n) is 4.07. The molecule has 28 heavy (non-hydrogen) atoms. The van der Waals surface area contributed by atoms with E-state index in [4.69, 9.17) is 16.0 Å². The number of rotatable bonds is 3. The first-order chi connectivity index (χ1) is 13.6. The molecule has 0 aliphatic rings. The van der Waals surface area contributed by atoms with Crippen molar-refractivity contribution < 1.29 is 13.6 Å². The van der Waals surface area contributed by atoms with Crippen LogP contribution in [0, 0.1) is 5.82 Å². The van der Waals surface area contributed by atoms with Crippen LogP contribution >= 0.6 is 11.6 Å². The van der Waals surface area contributed by atoms with Crippen LogP contribution in [0.3, 0.4) is 0 Å². The fourth-order valence-electron chi connectivity index (χ4n) is 2.71. The molecule has 138 valence electrons. The highest BCUT2D eigenvalue weighted by atomic mass is 35.5. The van der Waals surface area contributed by atoms with E-state index in [1.807, 2.05) is 36.4 Å². The number of nitrogens with zero attached hydrogens (tertiary/aromatic N) is 1. The molecule has 4 rings (SSSR count). The topological polar surface area (TPSA) is 54.6 Å². The van der Waals surface area contributed by atoms with Crippen LogP contribution in [0.25, 0.3) is 11.0 Å². The van der Waals surface area contributed by atoms with Gasteiger partial charge in [-0.15, -0.1) is 0 Å². The Labute approximate surface area is 164 Å². The van der Waals surface area contributed by atoms with Crippen molar-refractivity contribution in [3.63, 3.8) is 0 Å². The van der Waals surface area contributed by atoms with Crippen molar-refractivity contribution in [2.45, 2.75) is 0 Å². The molecule has 3 aromatic carbocycles. The summed E-state index contributed by atoms with van der Waals surface area (Å²) in [6, 6.07) is 22.2. The maximum Gasteiger partial charge on any atom is 0.261 e. The van der Waals surface area contributed by atoms with E-state index in [1.54, 1.807) is 24.3 Å². The average Bonchev–Trinajstić information content (AvgIpc) is 2.71. The van der Waals surface area contributed by atoms with E-state index in [0.717, 1.165) is 5.39 Å². The van der Waals surface area contributed by atoms with Gasteiger partial charge in [0.2, 0.25) is 5.55 Å². The summed E-state index contributed by atoms with van der Waals surface area (Å²) in [5.74, 6) is -0.911. The number of hydrogen-bond acceptors (Lipinski definition) is 3. The summed E-state index contributed by atoms with van der Waals surface area (Å²) < 4.78 is 19.3. The standard InChI is InChI=1S/C22H14ClFN2O2/c23-18-13-16(10-11-19(18)24)26-22-17(12-14-6-4-5-9-20(14)28-22)21(27)25-15-7-2-1-3-8-15/h1-13H,(H,25,27). The molecule has 0 aliphatic heterocycles. The van der Waals surface area contributed by atoms with Gasteiger partial charge in [0.1, 0.15) is 17.0 Å². The molecule has 0 aliphatic carbocycles. The number of amides is 1. The Morgan fingerprint density at radius 1 is 0.964 bits per heavy atom. The molecular weight excluding hydrogens is 379 g/mol. The molecule has 0 saturated heterocycles. The van der Waals surface area contributed by atoms with Gasteiger partial charge in [0.25, 0.3) is 5.91 Å². The van der Waals surface area contributed by atoms with Crippen LogP contribution in [0.2, 0.25) is 5.02 Å². The van der Waals surface area contributed by atoms with Gasteiger partial charge in [-0.1, -0.05) is 48.0 Å². The first-order valence-electron chi connectivity index (χ1n) is 8.49. The van der Waals surface area contributed by atoms with Crippen molar-refractivity contribution in [2.75, 3.05) is 5.32 Å². The summed E-state index contributed by atoms with van der Waals surface area (Å²) in [6.07, 6.45) is 0. The van der Waals surface area contributed by atoms with Crippen LogP contribution in [0.5, 0.6) is 0 Å². The smallest absolute Gasteiger partial charge is 0.261 e. The van der Waals surface area contributed by atoms with Crippen molar-refractivity contribution >= 4 is 39.9 Å². The fraction of sp³-hybridized carbons (Fsp3) is 0. The Morgan fingerprint density at radius 2 is 1.71 bits per heavy atom. The monoisotopic (exact) mass is 392 g/mol. The van der Waals surface area contributed by atoms with Crippen LogP contribution in [0.1, 0.15) is 10.4 Å². The number of carbonyl (C=O) groups is 1. The molecule has 1 heterocycles. The molecule has 6 heteroatoms. The summed E-state index contributed by atoms with van der Waals surface area (Å²) in [4.78, 5) is 17.2. The molecular formula is C22H14ClFN2O2. The zero-order chi connectivity index (χ0) is 19.5. The minimum Gasteiger partial charge on any atom is -0.438 e. The molecule has 1 aromatic heterocycles. The zero-order valence-electron chi connectivity index (χ0n) is 14.5. The Balaban J connectivity index is 1.85. The highest BCUT2D eigenvalue weighted by molar-refractivity contribution is 6.31. The Hall–Kier alpha value is -3.44. The van der Waals surface area contributed by atoms with Gasteiger partial charge >= 0.3 is 0 Å². The van der Waals surface area contributed by atoms with E-state index in [2.05, 4.69) is 10.3 Å². The number of para-hydroxylation sites is 2. The van der Waals surface area contributed by atoms with Crippen LogP contribution in [-0.4, -0.2) is 5.91 Å². The van der Waals surface area contributed by atoms with Crippen LogP contribution in [0.15, 0.2) is 88.3 Å². The number of halogens is 2. The lowest BCUT2D eigenvalue weighted by molar-refractivity contribution is 0.102. The van der Waals surface area contributed by atoms with Crippen LogP contribution in [-0.2, 0) is 0 Å². The maximum absolute atomic E-state index is 13.4. The number of hydrogen-bond donors (Lipinski definition) is 1. The quantitative estimate of drug-likeness (QED) is 0.485. The van der Waals surface area contributed by atoms with E-state index in [9.17, 15) is 9.18 Å². The summed E-state index contributed by atoms with van der Waals surface area (Å²) in [5, 5.41) is 3.53. The molecule has 0 saturated carbocycles. The molecule has 0 bridgehead atoms. The van der Waals surface area contributed by atoms with E-state index < -0.39 is 5.82 Å². The third kappa shape index (κ3) is 3.80. The maximum atomic E-state index is 13.4. The van der Waals surface area contributed by atoms with Gasteiger partial charge in [0.15, 0.2) is 0 Å². The van der Waals surface area contributed by atoms with Gasteiger partial charge < -0.3 is 9.73 Å². The molecule has 4 aromatic rings. The van der Waals surface area contributed by atoms with Crippen molar-refractivity contribution in [1.29, 1.82) is 0 Å². The predicted octanol–water partition coefficient (Wildman–Crippen LogP) is 5.71. The second-order valence-electron chi connectivity index (χ2n) is 6.03. The number of carbonyl (C=O) groups excluding carboxylic acids is 1. The highest BCUT2D eigenvalue weighted by Gasteiger charge is 2.13. The lowest BCUT2D eigenvalue weighted by Gasteiger charge is -2.07. The normalized spacial score (nSPS) is 11.6. The fourth-order valence-corrected chi connectivity index (χ4v) is 2.88. The molecule has 4 nitrogen and oxygen atoms in total. The van der Waals surface area contributed by atoms with Crippen molar-refractivity contribution in [3.8, 4) is 0 Å². The predicted molar refractivity (Wildman–Crippen MR) is 107 cm³/mol. The second-order valence-corrected chi connectivity index (χ2v) is 6.44. The van der Waals surface area contributed by atoms with Crippen molar-refractivity contribution in [2.24, 2.45) is 4.99 Å². The van der Waals surface area contributed by atoms with Gasteiger partial charge in [-0.25, -0.2) is 9.38 Å². The molecule has 0 unspecified atom stereocenters. The summed E-state index contributed by atoms with van der Waals surface area (Å²) in [5.41, 5.74) is 1.96. The van der Waals surface area contributed by atoms with Gasteiger partial charge in [-0.05, 0) is 42.5 Å². The number of fused-ring (bicyclic) bond motifs is 1. The largest absolute Gasteiger partial charge is 0.438 e. The Bertz CT molecular complexity index is 1240. The molecule has 0 fully saturated rings. The SMILES string of the molecule is O=C(Nc1ccccc1)c1cc2ccccc2oc1=Nc1ccc(F)c(Cl)c1. The molecule has 0 atom stereocenters. The summed E-state index contributed by atoms with van der Waals surface area (Å²) in [6.45, 7) is 0. The third-order valence-corrected chi connectivity index (χ3v) is 4.36. The Kier molecular flexibility index (Phi) is 4.91. The van der Waals surface area contributed by atoms with Crippen LogP contribution < -0.4 is 10.9 Å². The molecule has 0 spiro atoms. The van der Waals surface area contributed by atoms with Gasteiger partial charge in [0, 0.05) is 11.1 Å². The van der Waals surface area contributed by atoms with Crippen LogP contribution in [0.4, 0.5) is 15.8 Å². The highest BCUT2D eigenvalue weighted by Crippen LogP contribution is 2.22. The molecule has 1 N–H and O–H groups in total. The lowest BCUT2D eigenvalue weighted by Crippen LogP contribution is -2.21. The van der Waals surface area contributed by atoms with E-state index in [1.165, 1.54) is 18.2 Å². The van der Waals surface area contributed by atoms with Gasteiger partial charge in [-0.3, -0.25) is 4.79 Å². The average molecular weight is 393 g/mol. The van der Waals surface area contributed by atoms with Crippen molar-refractivity contribution in [1.82, 2.24) is 0 Å². The second kappa shape index (κ2) is 7.66. The lowest BCUT2D eigenvalue weighted by atomic mass is 10.1. The minimum atomic E-state index is -0.543. The van der Waals surface area contributed by atoms with E-state index in [0.29, 0.717) is 17.0 Å². The zero-order valence-corrected chi connectivity index (χ0v) is 15.3. The number of benzene rings is 3. The first-order valence-corrected chi connectivity index (χ1v) is 8.87. The first kappa shape index (κ1) is 17.9. The van der Waals surface area contributed by atoms with Gasteiger partial charge in [0.05, 0.1) is 10.7 Å². The number of nitrogens with one attached hydrogen (secondary N) is 1. The minimum absolute atomic E-state index is 0.0580.